The first-order valence-corrected chi connectivity index (χ1v) is 15.0. The number of carboxylic acid groups (broad SMARTS) is 1. The summed E-state index contributed by atoms with van der Waals surface area (Å²) in [6.45, 7) is 11.0. The predicted octanol–water partition coefficient (Wildman–Crippen LogP) is 4.55. The summed E-state index contributed by atoms with van der Waals surface area (Å²) in [5.41, 5.74) is 8.63. The summed E-state index contributed by atoms with van der Waals surface area (Å²) in [6, 6.07) is 8.58. The lowest BCUT2D eigenvalue weighted by molar-refractivity contribution is 0.0690. The van der Waals surface area contributed by atoms with Gasteiger partial charge in [-0.25, -0.2) is 18.2 Å². The van der Waals surface area contributed by atoms with Crippen molar-refractivity contribution in [3.8, 4) is 11.4 Å². The molecule has 1 aliphatic carbocycles. The number of aryl methyl sites for hydroxylation is 1. The number of benzene rings is 2. The van der Waals surface area contributed by atoms with E-state index < -0.39 is 21.9 Å². The fraction of sp³-hybridized carbons (Fsp3) is 0.414. The highest BCUT2D eigenvalue weighted by atomic mass is 32.2. The van der Waals surface area contributed by atoms with Crippen LogP contribution in [0.4, 0.5) is 11.4 Å². The first kappa shape index (κ1) is 31.6. The van der Waals surface area contributed by atoms with Crippen molar-refractivity contribution in [2.24, 2.45) is 11.1 Å². The molecule has 1 fully saturated rings. The number of carbonyl (C=O) groups is 2. The van der Waals surface area contributed by atoms with Crippen molar-refractivity contribution >= 4 is 33.3 Å². The molecule has 3 aromatic rings. The Morgan fingerprint density at radius 1 is 1.17 bits per heavy atom. The number of hydrogen-bond donors (Lipinski definition) is 4. The van der Waals surface area contributed by atoms with Crippen LogP contribution in [0, 0.1) is 12.3 Å². The lowest BCUT2D eigenvalue weighted by Crippen LogP contribution is -2.18. The van der Waals surface area contributed by atoms with Gasteiger partial charge in [-0.1, -0.05) is 33.8 Å². The van der Waals surface area contributed by atoms with Crippen molar-refractivity contribution in [2.45, 2.75) is 52.9 Å². The quantitative estimate of drug-likeness (QED) is 0.299. The molecule has 41 heavy (non-hydrogen) atoms. The van der Waals surface area contributed by atoms with Crippen LogP contribution < -0.4 is 20.5 Å². The third-order valence-electron chi connectivity index (χ3n) is 6.70. The second kappa shape index (κ2) is 11.9. The van der Waals surface area contributed by atoms with Crippen molar-refractivity contribution in [3.05, 3.63) is 65.2 Å². The number of rotatable bonds is 8. The molecule has 11 nitrogen and oxygen atoms in total. The number of nitrogens with zero attached hydrogens (tertiary/aromatic N) is 2. The van der Waals surface area contributed by atoms with Crippen LogP contribution in [0.15, 0.2) is 42.9 Å². The van der Waals surface area contributed by atoms with E-state index in [2.05, 4.69) is 42.7 Å². The number of ether oxygens (including phenoxy) is 1. The van der Waals surface area contributed by atoms with E-state index in [0.717, 1.165) is 36.8 Å². The van der Waals surface area contributed by atoms with Gasteiger partial charge in [0.15, 0.2) is 11.4 Å². The molecule has 5 N–H and O–H groups in total. The van der Waals surface area contributed by atoms with Crippen molar-refractivity contribution in [3.63, 3.8) is 0 Å². The second-order valence-electron chi connectivity index (χ2n) is 11.7. The molecule has 0 bridgehead atoms. The van der Waals surface area contributed by atoms with Gasteiger partial charge in [0, 0.05) is 11.8 Å². The number of imidazole rings is 1. The van der Waals surface area contributed by atoms with Gasteiger partial charge in [0.2, 0.25) is 10.0 Å². The Kier molecular flexibility index (Phi) is 9.19. The Balaban J connectivity index is 0.000000696. The highest BCUT2D eigenvalue weighted by Crippen LogP contribution is 2.50. The Morgan fingerprint density at radius 2 is 1.78 bits per heavy atom. The summed E-state index contributed by atoms with van der Waals surface area (Å²) in [4.78, 5) is 28.3. The van der Waals surface area contributed by atoms with E-state index in [4.69, 9.17) is 15.6 Å². The van der Waals surface area contributed by atoms with E-state index in [1.54, 1.807) is 34.9 Å². The molecule has 1 amide bonds. The van der Waals surface area contributed by atoms with Gasteiger partial charge in [0.1, 0.15) is 6.33 Å². The van der Waals surface area contributed by atoms with Gasteiger partial charge in [0.25, 0.3) is 5.91 Å². The first-order chi connectivity index (χ1) is 19.0. The predicted molar refractivity (Wildman–Crippen MR) is 160 cm³/mol. The zero-order valence-electron chi connectivity index (χ0n) is 24.5. The summed E-state index contributed by atoms with van der Waals surface area (Å²) in [6.07, 6.45) is 5.71. The van der Waals surface area contributed by atoms with Crippen LogP contribution in [0.2, 0.25) is 0 Å². The minimum absolute atomic E-state index is 0.0972. The number of hydrogen-bond acceptors (Lipinski definition) is 7. The van der Waals surface area contributed by atoms with Crippen LogP contribution >= 0.6 is 0 Å². The molecule has 1 heterocycles. The van der Waals surface area contributed by atoms with Crippen LogP contribution in [0.1, 0.15) is 72.5 Å². The number of sulfonamides is 1. The van der Waals surface area contributed by atoms with Crippen LogP contribution in [-0.4, -0.2) is 54.9 Å². The monoisotopic (exact) mass is 585 g/mol. The molecule has 2 aromatic carbocycles. The Labute approximate surface area is 241 Å². The number of methoxy groups -OCH3 is 1. The minimum Gasteiger partial charge on any atom is -0.492 e. The molecule has 0 radical (unpaired) electrons. The van der Waals surface area contributed by atoms with Gasteiger partial charge >= 0.3 is 5.97 Å². The van der Waals surface area contributed by atoms with Crippen LogP contribution in [-0.2, 0) is 15.4 Å². The minimum atomic E-state index is -3.59. The van der Waals surface area contributed by atoms with Gasteiger partial charge in [-0.2, -0.15) is 0 Å². The van der Waals surface area contributed by atoms with Crippen LogP contribution in [0.3, 0.4) is 0 Å². The van der Waals surface area contributed by atoms with Crippen LogP contribution in [0.5, 0.6) is 5.75 Å². The summed E-state index contributed by atoms with van der Waals surface area (Å²) in [5.74, 6) is -1.39. The van der Waals surface area contributed by atoms with E-state index in [9.17, 15) is 18.0 Å². The Hall–Kier alpha value is -3.90. The highest BCUT2D eigenvalue weighted by Gasteiger charge is 2.40. The average Bonchev–Trinajstić information content (AvgIpc) is 3.42. The number of aromatic nitrogens is 2. The average molecular weight is 586 g/mol. The largest absolute Gasteiger partial charge is 0.492 e. The molecule has 222 valence electrons. The van der Waals surface area contributed by atoms with Gasteiger partial charge < -0.3 is 25.5 Å². The van der Waals surface area contributed by atoms with E-state index in [1.807, 2.05) is 6.92 Å². The van der Waals surface area contributed by atoms with Gasteiger partial charge in [-0.3, -0.25) is 9.52 Å². The normalized spacial score (nSPS) is 14.0. The third-order valence-corrected chi connectivity index (χ3v) is 7.29. The lowest BCUT2D eigenvalue weighted by Gasteiger charge is -2.20. The summed E-state index contributed by atoms with van der Waals surface area (Å²) >= 11 is 0. The first-order valence-electron chi connectivity index (χ1n) is 13.1. The molecule has 0 atom stereocenters. The molecule has 0 saturated heterocycles. The number of carboxylic acids is 1. The van der Waals surface area contributed by atoms with E-state index in [1.165, 1.54) is 19.6 Å². The van der Waals surface area contributed by atoms with E-state index in [-0.39, 0.29) is 22.5 Å². The van der Waals surface area contributed by atoms with E-state index in [0.29, 0.717) is 22.4 Å². The summed E-state index contributed by atoms with van der Waals surface area (Å²) in [5, 5.41) is 12.0. The maximum absolute atomic E-state index is 13.2. The smallest absolute Gasteiger partial charge is 0.356 e. The van der Waals surface area contributed by atoms with E-state index >= 15 is 0 Å². The van der Waals surface area contributed by atoms with Crippen molar-refractivity contribution in [1.82, 2.24) is 9.55 Å². The molecule has 12 heteroatoms. The molecule has 0 unspecified atom stereocenters. The maximum Gasteiger partial charge on any atom is 0.356 e. The molecular weight excluding hydrogens is 546 g/mol. The SMILES string of the molecule is CC(C)(C)CN.COc1c(NC(=O)c2ccc(C)c(-n3cnc(C(=O)O)c3)c2)cc(C2(C)CC2)cc1NS(C)(=O)=O. The fourth-order valence-corrected chi connectivity index (χ4v) is 4.38. The van der Waals surface area contributed by atoms with Crippen molar-refractivity contribution in [2.75, 3.05) is 29.9 Å². The standard InChI is InChI=1S/C24H26N4O6S.C5H13N/c1-14-5-6-15(9-20(14)28-12-19(23(30)31)25-13-28)22(29)26-17-10-16(24(2)7-8-24)11-18(21(17)34-3)27-35(4,32)33;1-5(2,3)4-6/h5-6,9-13,27H,7-8H2,1-4H3,(H,26,29)(H,30,31);4,6H2,1-3H3. The summed E-state index contributed by atoms with van der Waals surface area (Å²) in [7, 11) is -2.18. The molecule has 0 aliphatic heterocycles. The Bertz CT molecular complexity index is 1550. The Morgan fingerprint density at radius 3 is 2.27 bits per heavy atom. The second-order valence-corrected chi connectivity index (χ2v) is 13.5. The zero-order chi connectivity index (χ0) is 30.8. The number of aromatic carboxylic acids is 1. The van der Waals surface area contributed by atoms with Gasteiger partial charge in [-0.05, 0) is 72.5 Å². The summed E-state index contributed by atoms with van der Waals surface area (Å²) < 4.78 is 33.4. The maximum atomic E-state index is 13.2. The molecular formula is C29H39N5O6S. The topological polar surface area (TPSA) is 166 Å². The number of carbonyl (C=O) groups excluding carboxylic acids is 1. The van der Waals surface area contributed by atoms with Gasteiger partial charge in [-0.15, -0.1) is 0 Å². The highest BCUT2D eigenvalue weighted by molar-refractivity contribution is 7.92. The lowest BCUT2D eigenvalue weighted by atomic mass is 9.96. The number of anilines is 2. The number of nitrogens with two attached hydrogens (primary N) is 1. The molecule has 1 aromatic heterocycles. The van der Waals surface area contributed by atoms with Crippen LogP contribution in [0.25, 0.3) is 5.69 Å². The third kappa shape index (κ3) is 8.30. The number of nitrogens with one attached hydrogen (secondary N) is 2. The van der Waals surface area contributed by atoms with Crippen molar-refractivity contribution < 1.29 is 27.9 Å². The van der Waals surface area contributed by atoms with Gasteiger partial charge in [0.05, 0.1) is 30.4 Å². The fourth-order valence-electron chi connectivity index (χ4n) is 3.83. The molecule has 4 rings (SSSR count). The zero-order valence-corrected chi connectivity index (χ0v) is 25.3. The molecule has 0 spiro atoms. The molecule has 1 saturated carbocycles. The molecule has 1 aliphatic rings. The van der Waals surface area contributed by atoms with Crippen molar-refractivity contribution in [1.29, 1.82) is 0 Å². The number of amides is 1.